The fraction of sp³-hybridized carbons (Fsp3) is 0.235. The summed E-state index contributed by atoms with van der Waals surface area (Å²) in [5, 5.41) is 3.11. The van der Waals surface area contributed by atoms with Gasteiger partial charge in [0.15, 0.2) is 0 Å². The number of benzene rings is 4. The third kappa shape index (κ3) is 9.10. The van der Waals surface area contributed by atoms with Crippen LogP contribution in [-0.4, -0.2) is 44.3 Å². The minimum absolute atomic E-state index is 0.0101. The van der Waals surface area contributed by atoms with Crippen LogP contribution >= 0.6 is 39.1 Å². The number of amides is 2. The smallest absolute Gasteiger partial charge is 0.264 e. The normalized spacial score (nSPS) is 11.9. The van der Waals surface area contributed by atoms with Gasteiger partial charge < -0.3 is 10.2 Å². The zero-order valence-electron chi connectivity index (χ0n) is 24.7. The number of carbonyl (C=O) groups excluding carboxylic acids is 2. The third-order valence-electron chi connectivity index (χ3n) is 7.18. The van der Waals surface area contributed by atoms with Gasteiger partial charge in [0.1, 0.15) is 12.6 Å². The van der Waals surface area contributed by atoms with Crippen LogP contribution in [0.2, 0.25) is 10.0 Å². The van der Waals surface area contributed by atoms with Gasteiger partial charge in [-0.2, -0.15) is 0 Å². The molecular formula is C34H34BrCl2N3O4S. The molecule has 4 aromatic carbocycles. The van der Waals surface area contributed by atoms with Crippen molar-refractivity contribution in [1.82, 2.24) is 10.2 Å². The lowest BCUT2D eigenvalue weighted by atomic mass is 10.0. The van der Waals surface area contributed by atoms with Gasteiger partial charge in [0, 0.05) is 24.0 Å². The minimum Gasteiger partial charge on any atom is -0.354 e. The summed E-state index contributed by atoms with van der Waals surface area (Å²) in [5.41, 5.74) is 1.68. The number of nitrogens with zero attached hydrogens (tertiary/aromatic N) is 2. The number of carbonyl (C=O) groups is 2. The van der Waals surface area contributed by atoms with Gasteiger partial charge in [-0.05, 0) is 53.9 Å². The van der Waals surface area contributed by atoms with E-state index in [1.165, 1.54) is 23.1 Å². The Labute approximate surface area is 283 Å². The standard InChI is InChI=1S/C34H34BrCl2N3O4S/c1-2-3-21-38-34(42)31(22-25-11-6-4-7-12-25)39(23-26-17-19-27(35)20-18-26)32(41)24-40(30-16-10-15-29(36)33(30)37)45(43,44)28-13-8-5-9-14-28/h4-20,31H,2-3,21-24H2,1H3,(H,38,42). The van der Waals surface area contributed by atoms with Crippen molar-refractivity contribution in [3.05, 3.63) is 129 Å². The molecule has 0 bridgehead atoms. The fourth-order valence-electron chi connectivity index (χ4n) is 4.76. The Morgan fingerprint density at radius 2 is 1.49 bits per heavy atom. The molecule has 4 aromatic rings. The topological polar surface area (TPSA) is 86.8 Å². The van der Waals surface area contributed by atoms with E-state index in [0.717, 1.165) is 32.7 Å². The molecule has 1 atom stereocenters. The summed E-state index contributed by atoms with van der Waals surface area (Å²) in [5.74, 6) is -0.906. The minimum atomic E-state index is -4.29. The Hall–Kier alpha value is -3.37. The maximum atomic E-state index is 14.5. The van der Waals surface area contributed by atoms with Gasteiger partial charge in [-0.1, -0.05) is 119 Å². The van der Waals surface area contributed by atoms with E-state index in [1.807, 2.05) is 61.5 Å². The highest BCUT2D eigenvalue weighted by Crippen LogP contribution is 2.35. The highest BCUT2D eigenvalue weighted by atomic mass is 79.9. The fourth-order valence-corrected chi connectivity index (χ4v) is 6.92. The first-order valence-corrected chi connectivity index (χ1v) is 17.5. The second-order valence-electron chi connectivity index (χ2n) is 10.4. The van der Waals surface area contributed by atoms with Crippen molar-refractivity contribution in [2.45, 2.75) is 43.7 Å². The van der Waals surface area contributed by atoms with Crippen molar-refractivity contribution < 1.29 is 18.0 Å². The van der Waals surface area contributed by atoms with E-state index >= 15 is 0 Å². The van der Waals surface area contributed by atoms with Crippen LogP contribution in [0.4, 0.5) is 5.69 Å². The molecule has 1 N–H and O–H groups in total. The van der Waals surface area contributed by atoms with Gasteiger partial charge >= 0.3 is 0 Å². The van der Waals surface area contributed by atoms with Gasteiger partial charge in [-0.15, -0.1) is 0 Å². The predicted molar refractivity (Wildman–Crippen MR) is 184 cm³/mol. The molecule has 0 aliphatic heterocycles. The Balaban J connectivity index is 1.81. The van der Waals surface area contributed by atoms with Crippen LogP contribution in [0.25, 0.3) is 0 Å². The van der Waals surface area contributed by atoms with E-state index in [-0.39, 0.29) is 39.5 Å². The summed E-state index contributed by atoms with van der Waals surface area (Å²) in [6, 6.07) is 28.3. The van der Waals surface area contributed by atoms with E-state index in [0.29, 0.717) is 6.54 Å². The molecule has 11 heteroatoms. The van der Waals surface area contributed by atoms with E-state index in [1.54, 1.807) is 30.3 Å². The predicted octanol–water partition coefficient (Wildman–Crippen LogP) is 7.51. The molecule has 0 radical (unpaired) electrons. The van der Waals surface area contributed by atoms with E-state index in [9.17, 15) is 18.0 Å². The SMILES string of the molecule is CCCCNC(=O)C(Cc1ccccc1)N(Cc1ccc(Br)cc1)C(=O)CN(c1cccc(Cl)c1Cl)S(=O)(=O)c1ccccc1. The highest BCUT2D eigenvalue weighted by molar-refractivity contribution is 9.10. The van der Waals surface area contributed by atoms with Gasteiger partial charge in [0.2, 0.25) is 11.8 Å². The quantitative estimate of drug-likeness (QED) is 0.136. The van der Waals surface area contributed by atoms with Crippen molar-refractivity contribution in [2.75, 3.05) is 17.4 Å². The van der Waals surface area contributed by atoms with Crippen molar-refractivity contribution in [2.24, 2.45) is 0 Å². The van der Waals surface area contributed by atoms with Crippen LogP contribution in [0.1, 0.15) is 30.9 Å². The zero-order valence-corrected chi connectivity index (χ0v) is 28.6. The van der Waals surface area contributed by atoms with Crippen LogP contribution in [0.5, 0.6) is 0 Å². The van der Waals surface area contributed by atoms with Crippen molar-refractivity contribution >= 4 is 66.7 Å². The molecule has 0 aliphatic carbocycles. The largest absolute Gasteiger partial charge is 0.354 e. The van der Waals surface area contributed by atoms with Crippen molar-refractivity contribution in [3.8, 4) is 0 Å². The molecule has 7 nitrogen and oxygen atoms in total. The summed E-state index contributed by atoms with van der Waals surface area (Å²) >= 11 is 16.3. The van der Waals surface area contributed by atoms with Crippen LogP contribution in [-0.2, 0) is 32.6 Å². The molecule has 0 aromatic heterocycles. The molecule has 45 heavy (non-hydrogen) atoms. The molecule has 0 heterocycles. The molecule has 0 aliphatic rings. The Kier molecular flexibility index (Phi) is 12.5. The van der Waals surface area contributed by atoms with Crippen molar-refractivity contribution in [3.63, 3.8) is 0 Å². The zero-order chi connectivity index (χ0) is 32.4. The van der Waals surface area contributed by atoms with Crippen molar-refractivity contribution in [1.29, 1.82) is 0 Å². The van der Waals surface area contributed by atoms with Gasteiger partial charge in [-0.25, -0.2) is 8.42 Å². The monoisotopic (exact) mass is 729 g/mol. The first kappa shape index (κ1) is 34.5. The van der Waals surface area contributed by atoms with E-state index < -0.39 is 28.5 Å². The number of nitrogens with one attached hydrogen (secondary N) is 1. The Morgan fingerprint density at radius 3 is 2.13 bits per heavy atom. The number of hydrogen-bond acceptors (Lipinski definition) is 4. The van der Waals surface area contributed by atoms with Crippen LogP contribution in [0.15, 0.2) is 112 Å². The molecule has 1 unspecified atom stereocenters. The lowest BCUT2D eigenvalue weighted by molar-refractivity contribution is -0.140. The number of sulfonamides is 1. The molecule has 0 saturated heterocycles. The summed E-state index contributed by atoms with van der Waals surface area (Å²) in [6.07, 6.45) is 1.89. The first-order valence-electron chi connectivity index (χ1n) is 14.5. The highest BCUT2D eigenvalue weighted by Gasteiger charge is 2.35. The van der Waals surface area contributed by atoms with Gasteiger partial charge in [-0.3, -0.25) is 13.9 Å². The van der Waals surface area contributed by atoms with E-state index in [4.69, 9.17) is 23.2 Å². The maximum Gasteiger partial charge on any atom is 0.264 e. The lowest BCUT2D eigenvalue weighted by Crippen LogP contribution is -2.53. The van der Waals surface area contributed by atoms with E-state index in [2.05, 4.69) is 21.2 Å². The number of rotatable bonds is 14. The summed E-state index contributed by atoms with van der Waals surface area (Å²) in [4.78, 5) is 29.7. The maximum absolute atomic E-state index is 14.5. The molecule has 0 spiro atoms. The number of anilines is 1. The number of halogens is 3. The van der Waals surface area contributed by atoms with Gasteiger partial charge in [0.05, 0.1) is 20.6 Å². The molecule has 0 fully saturated rings. The number of unbranched alkanes of at least 4 members (excludes halogenated alkanes) is 1. The first-order chi connectivity index (χ1) is 21.6. The molecule has 4 rings (SSSR count). The molecule has 0 saturated carbocycles. The average molecular weight is 732 g/mol. The van der Waals surface area contributed by atoms with Crippen LogP contribution in [0.3, 0.4) is 0 Å². The summed E-state index contributed by atoms with van der Waals surface area (Å²) in [7, 11) is -4.29. The Bertz CT molecular complexity index is 1690. The third-order valence-corrected chi connectivity index (χ3v) is 10.3. The summed E-state index contributed by atoms with van der Waals surface area (Å²) in [6.45, 7) is 1.92. The molecule has 236 valence electrons. The Morgan fingerprint density at radius 1 is 0.844 bits per heavy atom. The second-order valence-corrected chi connectivity index (χ2v) is 14.0. The molecule has 2 amide bonds. The second kappa shape index (κ2) is 16.3. The molecular weight excluding hydrogens is 697 g/mol. The average Bonchev–Trinajstić information content (AvgIpc) is 3.04. The summed E-state index contributed by atoms with van der Waals surface area (Å²) < 4.78 is 30.0. The lowest BCUT2D eigenvalue weighted by Gasteiger charge is -2.34. The van der Waals surface area contributed by atoms with Crippen LogP contribution in [0, 0.1) is 0 Å². The van der Waals surface area contributed by atoms with Gasteiger partial charge in [0.25, 0.3) is 10.0 Å². The van der Waals surface area contributed by atoms with Crippen LogP contribution < -0.4 is 9.62 Å². The number of hydrogen-bond donors (Lipinski definition) is 1.